The van der Waals surface area contributed by atoms with E-state index in [0.717, 1.165) is 0 Å². The molecule has 0 aliphatic carbocycles. The standard InChI is InChI=1S/C11H20F3N3O2/c1-19-7-9(15)10(18)17-4-2-3-16(5-6-17)8-11(12,13)14/h9H,2-8,15H2,1H3. The Labute approximate surface area is 110 Å². The van der Waals surface area contributed by atoms with Crippen LogP contribution in [0.2, 0.25) is 0 Å². The lowest BCUT2D eigenvalue weighted by Gasteiger charge is -2.24. The molecule has 2 N–H and O–H groups in total. The Balaban J connectivity index is 2.47. The molecule has 0 saturated carbocycles. The highest BCUT2D eigenvalue weighted by Crippen LogP contribution is 2.17. The van der Waals surface area contributed by atoms with Gasteiger partial charge in [0.15, 0.2) is 0 Å². The minimum atomic E-state index is -4.20. The number of nitrogens with two attached hydrogens (primary N) is 1. The van der Waals surface area contributed by atoms with E-state index in [0.29, 0.717) is 19.5 Å². The average Bonchev–Trinajstić information content (AvgIpc) is 2.52. The highest BCUT2D eigenvalue weighted by atomic mass is 19.4. The Morgan fingerprint density at radius 1 is 1.32 bits per heavy atom. The van der Waals surface area contributed by atoms with E-state index in [2.05, 4.69) is 0 Å². The summed E-state index contributed by atoms with van der Waals surface area (Å²) in [5.74, 6) is -0.268. The van der Waals surface area contributed by atoms with Gasteiger partial charge in [-0.1, -0.05) is 0 Å². The van der Waals surface area contributed by atoms with Crippen molar-refractivity contribution < 1.29 is 22.7 Å². The van der Waals surface area contributed by atoms with Gasteiger partial charge in [-0.2, -0.15) is 13.2 Å². The van der Waals surface area contributed by atoms with Gasteiger partial charge in [0, 0.05) is 33.3 Å². The molecule has 1 rings (SSSR count). The average molecular weight is 283 g/mol. The van der Waals surface area contributed by atoms with Crippen molar-refractivity contribution in [2.45, 2.75) is 18.6 Å². The first-order chi connectivity index (χ1) is 8.83. The fraction of sp³-hybridized carbons (Fsp3) is 0.909. The Kier molecular flexibility index (Phi) is 6.02. The molecule has 19 heavy (non-hydrogen) atoms. The lowest BCUT2D eigenvalue weighted by molar-refractivity contribution is -0.145. The van der Waals surface area contributed by atoms with Crippen LogP contribution in [0, 0.1) is 0 Å². The summed E-state index contributed by atoms with van der Waals surface area (Å²) in [5, 5.41) is 0. The number of nitrogens with zero attached hydrogens (tertiary/aromatic N) is 2. The van der Waals surface area contributed by atoms with Gasteiger partial charge < -0.3 is 15.4 Å². The van der Waals surface area contributed by atoms with Crippen molar-refractivity contribution >= 4 is 5.91 Å². The number of ether oxygens (including phenoxy) is 1. The van der Waals surface area contributed by atoms with Gasteiger partial charge in [-0.25, -0.2) is 0 Å². The number of hydrogen-bond acceptors (Lipinski definition) is 4. The lowest BCUT2D eigenvalue weighted by atomic mass is 10.2. The number of methoxy groups -OCH3 is 1. The topological polar surface area (TPSA) is 58.8 Å². The van der Waals surface area contributed by atoms with E-state index in [1.807, 2.05) is 0 Å². The molecule has 0 aromatic rings. The maximum Gasteiger partial charge on any atom is 0.401 e. The lowest BCUT2D eigenvalue weighted by Crippen LogP contribution is -2.47. The molecule has 0 radical (unpaired) electrons. The first kappa shape index (κ1) is 16.2. The number of carbonyl (C=O) groups excluding carboxylic acids is 1. The Morgan fingerprint density at radius 2 is 2.00 bits per heavy atom. The van der Waals surface area contributed by atoms with Crippen LogP contribution in [0.4, 0.5) is 13.2 Å². The summed E-state index contributed by atoms with van der Waals surface area (Å²) >= 11 is 0. The molecule has 1 unspecified atom stereocenters. The second-order valence-corrected chi connectivity index (χ2v) is 4.63. The van der Waals surface area contributed by atoms with Gasteiger partial charge in [0.25, 0.3) is 0 Å². The van der Waals surface area contributed by atoms with Crippen LogP contribution in [-0.2, 0) is 9.53 Å². The number of rotatable bonds is 4. The van der Waals surface area contributed by atoms with Gasteiger partial charge in [-0.3, -0.25) is 9.69 Å². The number of halogens is 3. The molecule has 0 aromatic carbocycles. The maximum absolute atomic E-state index is 12.3. The van der Waals surface area contributed by atoms with Gasteiger partial charge in [0.05, 0.1) is 13.2 Å². The molecule has 0 aromatic heterocycles. The van der Waals surface area contributed by atoms with Gasteiger partial charge in [0.1, 0.15) is 6.04 Å². The van der Waals surface area contributed by atoms with Crippen LogP contribution in [-0.4, -0.2) is 74.4 Å². The molecule has 1 amide bonds. The van der Waals surface area contributed by atoms with E-state index in [-0.39, 0.29) is 25.6 Å². The molecule has 112 valence electrons. The zero-order chi connectivity index (χ0) is 14.5. The van der Waals surface area contributed by atoms with E-state index >= 15 is 0 Å². The van der Waals surface area contributed by atoms with Gasteiger partial charge >= 0.3 is 6.18 Å². The molecule has 1 aliphatic rings. The first-order valence-corrected chi connectivity index (χ1v) is 6.16. The Bertz CT molecular complexity index is 299. The third-order valence-corrected chi connectivity index (χ3v) is 2.97. The van der Waals surface area contributed by atoms with Crippen LogP contribution in [0.1, 0.15) is 6.42 Å². The highest BCUT2D eigenvalue weighted by molar-refractivity contribution is 5.81. The summed E-state index contributed by atoms with van der Waals surface area (Å²) < 4.78 is 41.7. The van der Waals surface area contributed by atoms with Crippen LogP contribution in [0.25, 0.3) is 0 Å². The van der Waals surface area contributed by atoms with E-state index in [1.54, 1.807) is 0 Å². The number of carbonyl (C=O) groups is 1. The van der Waals surface area contributed by atoms with Gasteiger partial charge in [-0.05, 0) is 6.42 Å². The largest absolute Gasteiger partial charge is 0.401 e. The van der Waals surface area contributed by atoms with Crippen molar-refractivity contribution in [2.24, 2.45) is 5.73 Å². The van der Waals surface area contributed by atoms with Crippen LogP contribution in [0.3, 0.4) is 0 Å². The van der Waals surface area contributed by atoms with Crippen molar-refractivity contribution in [3.63, 3.8) is 0 Å². The summed E-state index contributed by atoms with van der Waals surface area (Å²) in [6, 6.07) is -0.751. The molecule has 8 heteroatoms. The van der Waals surface area contributed by atoms with Crippen LogP contribution >= 0.6 is 0 Å². The second-order valence-electron chi connectivity index (χ2n) is 4.63. The predicted octanol–water partition coefficient (Wildman–Crippen LogP) is 0.0567. The summed E-state index contributed by atoms with van der Waals surface area (Å²) in [6.45, 7) is 0.436. The van der Waals surface area contributed by atoms with Crippen molar-refractivity contribution in [1.29, 1.82) is 0 Å². The fourth-order valence-corrected chi connectivity index (χ4v) is 2.09. The quantitative estimate of drug-likeness (QED) is 0.792. The molecular formula is C11H20F3N3O2. The maximum atomic E-state index is 12.3. The van der Waals surface area contributed by atoms with Gasteiger partial charge in [0.2, 0.25) is 5.91 Å². The van der Waals surface area contributed by atoms with E-state index in [1.165, 1.54) is 16.9 Å². The molecular weight excluding hydrogens is 263 g/mol. The zero-order valence-electron chi connectivity index (χ0n) is 10.9. The fourth-order valence-electron chi connectivity index (χ4n) is 2.09. The summed E-state index contributed by atoms with van der Waals surface area (Å²) in [4.78, 5) is 14.7. The first-order valence-electron chi connectivity index (χ1n) is 6.16. The van der Waals surface area contributed by atoms with Crippen LogP contribution in [0.5, 0.6) is 0 Å². The summed E-state index contributed by atoms with van der Waals surface area (Å²) in [7, 11) is 1.45. The molecule has 5 nitrogen and oxygen atoms in total. The third-order valence-electron chi connectivity index (χ3n) is 2.97. The SMILES string of the molecule is COCC(N)C(=O)N1CCCN(CC(F)(F)F)CC1. The van der Waals surface area contributed by atoms with Gasteiger partial charge in [-0.15, -0.1) is 0 Å². The van der Waals surface area contributed by atoms with E-state index in [4.69, 9.17) is 10.5 Å². The molecule has 0 bridgehead atoms. The molecule has 1 saturated heterocycles. The minimum Gasteiger partial charge on any atom is -0.383 e. The second kappa shape index (κ2) is 7.06. The smallest absolute Gasteiger partial charge is 0.383 e. The Hall–Kier alpha value is -0.860. The molecule has 0 spiro atoms. The minimum absolute atomic E-state index is 0.113. The number of hydrogen-bond donors (Lipinski definition) is 1. The molecule has 1 atom stereocenters. The normalized spacial score (nSPS) is 20.2. The number of alkyl halides is 3. The third kappa shape index (κ3) is 5.75. The monoisotopic (exact) mass is 283 g/mol. The molecule has 1 heterocycles. The summed E-state index contributed by atoms with van der Waals surface area (Å²) in [6.07, 6.45) is -3.69. The highest BCUT2D eigenvalue weighted by Gasteiger charge is 2.32. The van der Waals surface area contributed by atoms with Crippen molar-refractivity contribution in [1.82, 2.24) is 9.80 Å². The van der Waals surface area contributed by atoms with Crippen LogP contribution < -0.4 is 5.73 Å². The van der Waals surface area contributed by atoms with E-state index < -0.39 is 18.8 Å². The van der Waals surface area contributed by atoms with Crippen molar-refractivity contribution in [2.75, 3.05) is 46.4 Å². The molecule has 1 fully saturated rings. The van der Waals surface area contributed by atoms with Crippen molar-refractivity contribution in [3.8, 4) is 0 Å². The number of amides is 1. The zero-order valence-corrected chi connectivity index (χ0v) is 10.9. The molecule has 1 aliphatic heterocycles. The Morgan fingerprint density at radius 3 is 2.58 bits per heavy atom. The van der Waals surface area contributed by atoms with Crippen LogP contribution in [0.15, 0.2) is 0 Å². The predicted molar refractivity (Wildman–Crippen MR) is 63.5 cm³/mol. The van der Waals surface area contributed by atoms with E-state index in [9.17, 15) is 18.0 Å². The summed E-state index contributed by atoms with van der Waals surface area (Å²) in [5.41, 5.74) is 5.64. The van der Waals surface area contributed by atoms with Crippen molar-refractivity contribution in [3.05, 3.63) is 0 Å².